The third-order valence-electron chi connectivity index (χ3n) is 7.26. The highest BCUT2D eigenvalue weighted by Crippen LogP contribution is 2.40. The molecule has 1 N–H and O–H groups in total. The van der Waals surface area contributed by atoms with Crippen LogP contribution in [0, 0.1) is 17.7 Å². The fourth-order valence-electron chi connectivity index (χ4n) is 5.67. The third-order valence-corrected chi connectivity index (χ3v) is 7.48. The lowest BCUT2D eigenvalue weighted by Gasteiger charge is -2.39. The summed E-state index contributed by atoms with van der Waals surface area (Å²) in [6.07, 6.45) is 5.53. The first-order valence-corrected chi connectivity index (χ1v) is 12.4. The summed E-state index contributed by atoms with van der Waals surface area (Å²) in [4.78, 5) is 7.18. The van der Waals surface area contributed by atoms with Crippen LogP contribution < -0.4 is 19.7 Å². The zero-order chi connectivity index (χ0) is 23.9. The van der Waals surface area contributed by atoms with Crippen LogP contribution in [0.15, 0.2) is 30.5 Å². The van der Waals surface area contributed by atoms with Crippen LogP contribution in [0.1, 0.15) is 37.6 Å². The fraction of sp³-hybridized carbons (Fsp3) is 0.500. The average molecular weight is 500 g/mol. The summed E-state index contributed by atoms with van der Waals surface area (Å²) in [6.45, 7) is 2.65. The molecule has 3 aliphatic rings. The molecule has 1 unspecified atom stereocenters. The summed E-state index contributed by atoms with van der Waals surface area (Å²) < 4.78 is 27.0. The number of rotatable bonds is 6. The van der Waals surface area contributed by atoms with E-state index in [4.69, 9.17) is 31.2 Å². The number of fused-ring (bicyclic) bond motifs is 3. The smallest absolute Gasteiger partial charge is 0.242 e. The largest absolute Gasteiger partial charge is 0.482 e. The lowest BCUT2D eigenvalue weighted by Crippen LogP contribution is -2.48. The van der Waals surface area contributed by atoms with E-state index in [1.807, 2.05) is 10.7 Å². The highest BCUT2D eigenvalue weighted by molar-refractivity contribution is 6.30. The summed E-state index contributed by atoms with van der Waals surface area (Å²) in [5, 5.41) is 16.7. The van der Waals surface area contributed by atoms with Crippen molar-refractivity contribution in [3.63, 3.8) is 0 Å². The van der Waals surface area contributed by atoms with Gasteiger partial charge in [-0.25, -0.2) is 9.07 Å². The van der Waals surface area contributed by atoms with E-state index in [1.165, 1.54) is 12.1 Å². The molecule has 0 radical (unpaired) electrons. The SMILES string of the molecule is COc1cc(N2C[C@H]3CC[C@@H](C2)C3Nc2nc3n(n2)CCC[C@H]3Oc2cc(F)cc(Cl)c2)cnn1. The highest BCUT2D eigenvalue weighted by Gasteiger charge is 2.43. The number of halogens is 2. The Morgan fingerprint density at radius 1 is 1.11 bits per heavy atom. The molecule has 1 aliphatic carbocycles. The molecule has 0 spiro atoms. The molecular weight excluding hydrogens is 473 g/mol. The van der Waals surface area contributed by atoms with E-state index in [9.17, 15) is 4.39 Å². The number of methoxy groups -OCH3 is 1. The second-order valence-corrected chi connectivity index (χ2v) is 9.94. The summed E-state index contributed by atoms with van der Waals surface area (Å²) in [5.41, 5.74) is 1.04. The summed E-state index contributed by atoms with van der Waals surface area (Å²) in [6, 6.07) is 6.49. The minimum Gasteiger partial charge on any atom is -0.482 e. The van der Waals surface area contributed by atoms with Crippen molar-refractivity contribution in [3.8, 4) is 11.6 Å². The number of hydrogen-bond donors (Lipinski definition) is 1. The lowest BCUT2D eigenvalue weighted by atomic mass is 9.92. The molecule has 2 bridgehead atoms. The van der Waals surface area contributed by atoms with Gasteiger partial charge in [-0.1, -0.05) is 11.6 Å². The van der Waals surface area contributed by atoms with E-state index < -0.39 is 5.82 Å². The zero-order valence-electron chi connectivity index (χ0n) is 19.4. The first-order valence-electron chi connectivity index (χ1n) is 12.0. The molecule has 1 saturated carbocycles. The topological polar surface area (TPSA) is 90.2 Å². The minimum atomic E-state index is -0.421. The standard InChI is InChI=1S/C24H27ClFN7O2/c1-34-21-10-18(11-27-30-21)32-12-14-4-5-15(13-32)22(14)28-24-29-23-20(3-2-6-33(23)31-24)35-19-8-16(25)7-17(26)9-19/h7-11,14-15,20,22H,2-6,12-13H2,1H3,(H,28,31)/t14-,15+,20-,22?/m1/s1. The van der Waals surface area contributed by atoms with Crippen molar-refractivity contribution in [2.75, 3.05) is 30.4 Å². The molecule has 4 atom stereocenters. The maximum atomic E-state index is 13.8. The Bertz CT molecular complexity index is 1190. The molecule has 1 saturated heterocycles. The van der Waals surface area contributed by atoms with Crippen LogP contribution in [-0.4, -0.2) is 51.2 Å². The number of piperidine rings is 1. The number of aromatic nitrogens is 5. The maximum absolute atomic E-state index is 13.8. The van der Waals surface area contributed by atoms with Crippen LogP contribution >= 0.6 is 11.6 Å². The van der Waals surface area contributed by atoms with Crippen LogP contribution in [0.3, 0.4) is 0 Å². The van der Waals surface area contributed by atoms with E-state index in [0.29, 0.717) is 40.5 Å². The van der Waals surface area contributed by atoms with Crippen molar-refractivity contribution < 1.29 is 13.9 Å². The van der Waals surface area contributed by atoms with Crippen molar-refractivity contribution in [2.24, 2.45) is 11.8 Å². The molecule has 2 aromatic heterocycles. The Hall–Kier alpha value is -3.14. The summed E-state index contributed by atoms with van der Waals surface area (Å²) in [7, 11) is 1.61. The van der Waals surface area contributed by atoms with Crippen molar-refractivity contribution in [2.45, 2.75) is 44.4 Å². The predicted octanol–water partition coefficient (Wildman–Crippen LogP) is 4.11. The van der Waals surface area contributed by atoms with E-state index in [0.717, 1.165) is 56.8 Å². The molecule has 6 rings (SSSR count). The Labute approximate surface area is 207 Å². The molecule has 0 amide bonds. The van der Waals surface area contributed by atoms with Crippen LogP contribution in [0.2, 0.25) is 5.02 Å². The third kappa shape index (κ3) is 4.47. The number of nitrogens with zero attached hydrogens (tertiary/aromatic N) is 6. The van der Waals surface area contributed by atoms with Gasteiger partial charge in [-0.2, -0.15) is 10.1 Å². The number of anilines is 2. The van der Waals surface area contributed by atoms with Crippen molar-refractivity contribution in [3.05, 3.63) is 47.1 Å². The van der Waals surface area contributed by atoms with Gasteiger partial charge in [0.25, 0.3) is 0 Å². The number of nitrogens with one attached hydrogen (secondary N) is 1. The second kappa shape index (κ2) is 9.14. The molecular formula is C24H27ClFN7O2. The van der Waals surface area contributed by atoms with Gasteiger partial charge in [-0.3, -0.25) is 0 Å². The second-order valence-electron chi connectivity index (χ2n) is 9.50. The quantitative estimate of drug-likeness (QED) is 0.542. The van der Waals surface area contributed by atoms with Gasteiger partial charge in [0.15, 0.2) is 11.9 Å². The number of aryl methyl sites for hydroxylation is 1. The highest BCUT2D eigenvalue weighted by atomic mass is 35.5. The molecule has 35 heavy (non-hydrogen) atoms. The van der Waals surface area contributed by atoms with Gasteiger partial charge in [0.1, 0.15) is 11.6 Å². The van der Waals surface area contributed by atoms with Crippen LogP contribution in [0.4, 0.5) is 16.0 Å². The number of benzene rings is 1. The normalized spacial score (nSPS) is 25.3. The molecule has 3 aromatic rings. The molecule has 4 heterocycles. The van der Waals surface area contributed by atoms with Crippen LogP contribution in [0.5, 0.6) is 11.6 Å². The van der Waals surface area contributed by atoms with Gasteiger partial charge in [0, 0.05) is 42.8 Å². The lowest BCUT2D eigenvalue weighted by molar-refractivity contribution is 0.155. The fourth-order valence-corrected chi connectivity index (χ4v) is 5.89. The Kier molecular flexibility index (Phi) is 5.83. The zero-order valence-corrected chi connectivity index (χ0v) is 20.2. The Balaban J connectivity index is 1.16. The maximum Gasteiger partial charge on any atom is 0.242 e. The first kappa shape index (κ1) is 22.3. The first-order chi connectivity index (χ1) is 17.1. The average Bonchev–Trinajstić information content (AvgIpc) is 3.35. The van der Waals surface area contributed by atoms with Gasteiger partial charge >= 0.3 is 0 Å². The minimum absolute atomic E-state index is 0.294. The molecule has 184 valence electrons. The molecule has 11 heteroatoms. The van der Waals surface area contributed by atoms with E-state index in [1.54, 1.807) is 19.4 Å². The van der Waals surface area contributed by atoms with Crippen LogP contribution in [0.25, 0.3) is 0 Å². The van der Waals surface area contributed by atoms with Crippen molar-refractivity contribution >= 4 is 23.2 Å². The molecule has 1 aromatic carbocycles. The van der Waals surface area contributed by atoms with E-state index in [2.05, 4.69) is 20.4 Å². The van der Waals surface area contributed by atoms with Crippen molar-refractivity contribution in [1.29, 1.82) is 0 Å². The molecule has 2 fully saturated rings. The summed E-state index contributed by atoms with van der Waals surface area (Å²) >= 11 is 6.00. The van der Waals surface area contributed by atoms with Gasteiger partial charge < -0.3 is 19.7 Å². The van der Waals surface area contributed by atoms with E-state index in [-0.39, 0.29) is 6.10 Å². The van der Waals surface area contributed by atoms with Gasteiger partial charge in [-0.15, -0.1) is 10.2 Å². The van der Waals surface area contributed by atoms with E-state index >= 15 is 0 Å². The predicted molar refractivity (Wildman–Crippen MR) is 128 cm³/mol. The van der Waals surface area contributed by atoms with Crippen molar-refractivity contribution in [1.82, 2.24) is 25.0 Å². The number of ether oxygens (including phenoxy) is 2. The Morgan fingerprint density at radius 2 is 1.94 bits per heavy atom. The van der Waals surface area contributed by atoms with Gasteiger partial charge in [0.2, 0.25) is 11.8 Å². The number of hydrogen-bond acceptors (Lipinski definition) is 8. The van der Waals surface area contributed by atoms with Gasteiger partial charge in [-0.05, 0) is 49.7 Å². The Morgan fingerprint density at radius 3 is 2.71 bits per heavy atom. The summed E-state index contributed by atoms with van der Waals surface area (Å²) in [5.74, 6) is 2.87. The molecule has 2 aliphatic heterocycles. The molecule has 9 nitrogen and oxygen atoms in total. The van der Waals surface area contributed by atoms with Gasteiger partial charge in [0.05, 0.1) is 19.0 Å². The monoisotopic (exact) mass is 499 g/mol. The van der Waals surface area contributed by atoms with Crippen LogP contribution in [-0.2, 0) is 6.54 Å².